The molecule has 3 heteroatoms. The second kappa shape index (κ2) is 4.24. The highest BCUT2D eigenvalue weighted by molar-refractivity contribution is 5.88. The maximum absolute atomic E-state index is 11.1. The average molecular weight is 273 g/mol. The molecule has 2 N–H and O–H groups in total. The van der Waals surface area contributed by atoms with Crippen LogP contribution in [0.25, 0.3) is 0 Å². The van der Waals surface area contributed by atoms with Crippen molar-refractivity contribution in [1.82, 2.24) is 0 Å². The molecular weight excluding hydrogens is 250 g/mol. The van der Waals surface area contributed by atoms with Gasteiger partial charge in [-0.1, -0.05) is 26.8 Å². The Balaban J connectivity index is 1.87. The van der Waals surface area contributed by atoms with Crippen molar-refractivity contribution in [3.63, 3.8) is 0 Å². The summed E-state index contributed by atoms with van der Waals surface area (Å²) < 4.78 is 0. The number of aromatic carboxylic acids is 1. The Morgan fingerprint density at radius 2 is 2.10 bits per heavy atom. The number of anilines is 1. The molecule has 1 aromatic carbocycles. The van der Waals surface area contributed by atoms with Gasteiger partial charge in [0.25, 0.3) is 0 Å². The largest absolute Gasteiger partial charge is 0.478 e. The highest BCUT2D eigenvalue weighted by Crippen LogP contribution is 2.63. The smallest absolute Gasteiger partial charge is 0.335 e. The molecule has 0 aromatic heterocycles. The van der Waals surface area contributed by atoms with Gasteiger partial charge in [0.05, 0.1) is 5.56 Å². The summed E-state index contributed by atoms with van der Waals surface area (Å²) in [5.41, 5.74) is 1.89. The minimum Gasteiger partial charge on any atom is -0.478 e. The SMILES string of the molecule is CC1(C)C(Nc2cccc(C(=O)O)c2)[C@]2(C)CC[C@H]1C2. The van der Waals surface area contributed by atoms with E-state index in [9.17, 15) is 4.79 Å². The first-order chi connectivity index (χ1) is 9.33. The fourth-order valence-electron chi connectivity index (χ4n) is 4.57. The minimum atomic E-state index is -0.868. The molecule has 2 bridgehead atoms. The number of fused-ring (bicyclic) bond motifs is 2. The molecule has 20 heavy (non-hydrogen) atoms. The lowest BCUT2D eigenvalue weighted by molar-refractivity contribution is 0.0697. The number of rotatable bonds is 3. The molecule has 3 rings (SSSR count). The summed E-state index contributed by atoms with van der Waals surface area (Å²) in [6.45, 7) is 7.07. The molecule has 3 atom stereocenters. The van der Waals surface area contributed by atoms with Crippen molar-refractivity contribution in [3.05, 3.63) is 29.8 Å². The molecule has 0 spiro atoms. The summed E-state index contributed by atoms with van der Waals surface area (Å²) in [7, 11) is 0. The van der Waals surface area contributed by atoms with E-state index in [4.69, 9.17) is 5.11 Å². The molecule has 1 unspecified atom stereocenters. The first-order valence-electron chi connectivity index (χ1n) is 7.43. The summed E-state index contributed by atoms with van der Waals surface area (Å²) in [6.07, 6.45) is 3.89. The molecule has 3 nitrogen and oxygen atoms in total. The van der Waals surface area contributed by atoms with Crippen LogP contribution < -0.4 is 5.32 Å². The minimum absolute atomic E-state index is 0.270. The number of hydrogen-bond acceptors (Lipinski definition) is 2. The van der Waals surface area contributed by atoms with Gasteiger partial charge in [0, 0.05) is 11.7 Å². The standard InChI is InChI=1S/C17H23NO2/c1-16(2)12-7-8-17(3,10-12)15(16)18-13-6-4-5-11(9-13)14(19)20/h4-6,9,12,15,18H,7-8,10H2,1-3H3,(H,19,20)/t12-,15?,17+/m0/s1. The van der Waals surface area contributed by atoms with Crippen LogP contribution in [-0.2, 0) is 0 Å². The Morgan fingerprint density at radius 3 is 2.70 bits per heavy atom. The van der Waals surface area contributed by atoms with Crippen LogP contribution in [-0.4, -0.2) is 17.1 Å². The van der Waals surface area contributed by atoms with E-state index in [0.717, 1.165) is 11.6 Å². The van der Waals surface area contributed by atoms with E-state index in [2.05, 4.69) is 26.1 Å². The second-order valence-corrected chi connectivity index (χ2v) is 7.38. The van der Waals surface area contributed by atoms with Crippen LogP contribution >= 0.6 is 0 Å². The van der Waals surface area contributed by atoms with Crippen LogP contribution in [0.2, 0.25) is 0 Å². The summed E-state index contributed by atoms with van der Waals surface area (Å²) in [4.78, 5) is 11.1. The van der Waals surface area contributed by atoms with Crippen molar-refractivity contribution in [3.8, 4) is 0 Å². The molecular formula is C17H23NO2. The van der Waals surface area contributed by atoms with Gasteiger partial charge in [-0.15, -0.1) is 0 Å². The molecule has 0 amide bonds. The van der Waals surface area contributed by atoms with E-state index in [1.165, 1.54) is 19.3 Å². The molecule has 0 aliphatic heterocycles. The van der Waals surface area contributed by atoms with Gasteiger partial charge in [-0.25, -0.2) is 4.79 Å². The van der Waals surface area contributed by atoms with Gasteiger partial charge in [0.1, 0.15) is 0 Å². The van der Waals surface area contributed by atoms with Gasteiger partial charge in [0.15, 0.2) is 0 Å². The third kappa shape index (κ3) is 1.91. The van der Waals surface area contributed by atoms with Crippen molar-refractivity contribution >= 4 is 11.7 Å². The van der Waals surface area contributed by atoms with Crippen molar-refractivity contribution in [1.29, 1.82) is 0 Å². The van der Waals surface area contributed by atoms with Gasteiger partial charge < -0.3 is 10.4 Å². The molecule has 0 heterocycles. The fraction of sp³-hybridized carbons (Fsp3) is 0.588. The topological polar surface area (TPSA) is 49.3 Å². The quantitative estimate of drug-likeness (QED) is 0.874. The van der Waals surface area contributed by atoms with Crippen LogP contribution in [0.3, 0.4) is 0 Å². The maximum Gasteiger partial charge on any atom is 0.335 e. The lowest BCUT2D eigenvalue weighted by Gasteiger charge is -2.43. The normalized spacial score (nSPS) is 34.1. The predicted molar refractivity (Wildman–Crippen MR) is 80.0 cm³/mol. The zero-order chi connectivity index (χ0) is 14.5. The van der Waals surface area contributed by atoms with Gasteiger partial charge in [-0.2, -0.15) is 0 Å². The average Bonchev–Trinajstić information content (AvgIpc) is 2.86. The van der Waals surface area contributed by atoms with Gasteiger partial charge in [-0.05, 0) is 54.2 Å². The van der Waals surface area contributed by atoms with Gasteiger partial charge in [-0.3, -0.25) is 0 Å². The van der Waals surface area contributed by atoms with Crippen LogP contribution in [0.1, 0.15) is 50.4 Å². The van der Waals surface area contributed by atoms with Crippen LogP contribution in [0.4, 0.5) is 5.69 Å². The van der Waals surface area contributed by atoms with E-state index < -0.39 is 5.97 Å². The molecule has 2 saturated carbocycles. The van der Waals surface area contributed by atoms with E-state index >= 15 is 0 Å². The Hall–Kier alpha value is -1.51. The zero-order valence-electron chi connectivity index (χ0n) is 12.4. The first-order valence-corrected chi connectivity index (χ1v) is 7.43. The number of carboxylic acid groups (broad SMARTS) is 1. The summed E-state index contributed by atoms with van der Waals surface area (Å²) >= 11 is 0. The fourth-order valence-corrected chi connectivity index (χ4v) is 4.57. The summed E-state index contributed by atoms with van der Waals surface area (Å²) in [5.74, 6) is -0.0836. The third-order valence-electron chi connectivity index (χ3n) is 5.69. The zero-order valence-corrected chi connectivity index (χ0v) is 12.4. The number of benzene rings is 1. The molecule has 2 aliphatic rings. The number of carboxylic acids is 1. The van der Waals surface area contributed by atoms with Crippen LogP contribution in [0, 0.1) is 16.7 Å². The van der Waals surface area contributed by atoms with E-state index in [-0.39, 0.29) is 5.41 Å². The molecule has 1 aromatic rings. The molecule has 2 aliphatic carbocycles. The van der Waals surface area contributed by atoms with Crippen molar-refractivity contribution in [2.45, 2.75) is 46.1 Å². The predicted octanol–water partition coefficient (Wildman–Crippen LogP) is 4.01. The van der Waals surface area contributed by atoms with Crippen molar-refractivity contribution < 1.29 is 9.90 Å². The lowest BCUT2D eigenvalue weighted by atomic mass is 9.68. The molecule has 108 valence electrons. The van der Waals surface area contributed by atoms with Crippen molar-refractivity contribution in [2.75, 3.05) is 5.32 Å². The van der Waals surface area contributed by atoms with E-state index in [1.54, 1.807) is 12.1 Å². The Labute approximate surface area is 120 Å². The number of hydrogen-bond donors (Lipinski definition) is 2. The lowest BCUT2D eigenvalue weighted by Crippen LogP contribution is -2.45. The number of carbonyl (C=O) groups is 1. The highest BCUT2D eigenvalue weighted by Gasteiger charge is 2.59. The Kier molecular flexibility index (Phi) is 2.86. The van der Waals surface area contributed by atoms with Crippen LogP contribution in [0.5, 0.6) is 0 Å². The molecule has 2 fully saturated rings. The Morgan fingerprint density at radius 1 is 1.35 bits per heavy atom. The summed E-state index contributed by atoms with van der Waals surface area (Å²) in [5, 5.41) is 12.7. The highest BCUT2D eigenvalue weighted by atomic mass is 16.4. The van der Waals surface area contributed by atoms with Crippen molar-refractivity contribution in [2.24, 2.45) is 16.7 Å². The maximum atomic E-state index is 11.1. The van der Waals surface area contributed by atoms with Gasteiger partial charge >= 0.3 is 5.97 Å². The Bertz CT molecular complexity index is 547. The first kappa shape index (κ1) is 13.5. The molecule has 0 saturated heterocycles. The monoisotopic (exact) mass is 273 g/mol. The second-order valence-electron chi connectivity index (χ2n) is 7.38. The van der Waals surface area contributed by atoms with Crippen LogP contribution in [0.15, 0.2) is 24.3 Å². The van der Waals surface area contributed by atoms with Gasteiger partial charge in [0.2, 0.25) is 0 Å². The molecule has 0 radical (unpaired) electrons. The van der Waals surface area contributed by atoms with E-state index in [0.29, 0.717) is 17.0 Å². The summed E-state index contributed by atoms with van der Waals surface area (Å²) in [6, 6.07) is 7.58. The third-order valence-corrected chi connectivity index (χ3v) is 5.69. The number of nitrogens with one attached hydrogen (secondary N) is 1. The van der Waals surface area contributed by atoms with E-state index in [1.807, 2.05) is 12.1 Å².